The number of fused-ring (bicyclic) bond motifs is 1. The quantitative estimate of drug-likeness (QED) is 0.477. The van der Waals surface area contributed by atoms with Crippen molar-refractivity contribution in [2.24, 2.45) is 0 Å². The SMILES string of the molecule is Cc1cc(C)c2nc(N(CCC[NH+](C)C)C(=O)c3ccccc3[N+](=O)[O-])sc2c1. The fraction of sp³-hybridized carbons (Fsp3) is 0.333. The van der Waals surface area contributed by atoms with Crippen molar-refractivity contribution < 1.29 is 14.6 Å². The molecule has 3 aromatic rings. The van der Waals surface area contributed by atoms with E-state index in [4.69, 9.17) is 4.98 Å². The van der Waals surface area contributed by atoms with Crippen molar-refractivity contribution in [2.45, 2.75) is 20.3 Å². The smallest absolute Gasteiger partial charge is 0.282 e. The number of quaternary nitrogens is 1. The van der Waals surface area contributed by atoms with Gasteiger partial charge in [0.05, 0.1) is 35.8 Å². The Morgan fingerprint density at radius 1 is 1.24 bits per heavy atom. The van der Waals surface area contributed by atoms with Gasteiger partial charge >= 0.3 is 0 Å². The highest BCUT2D eigenvalue weighted by Gasteiger charge is 2.27. The van der Waals surface area contributed by atoms with Gasteiger partial charge < -0.3 is 4.90 Å². The maximum absolute atomic E-state index is 13.4. The standard InChI is InChI=1S/C21H24N4O3S/c1-14-12-15(2)19-18(13-14)29-21(22-19)24(11-7-10-23(3)4)20(26)16-8-5-6-9-17(16)25(27)28/h5-6,8-9,12-13H,7,10-11H2,1-4H3/p+1. The van der Waals surface area contributed by atoms with Crippen LogP contribution in [0.3, 0.4) is 0 Å². The number of hydrogen-bond donors (Lipinski definition) is 1. The zero-order valence-corrected chi connectivity index (χ0v) is 17.9. The Bertz CT molecular complexity index is 1060. The molecule has 0 spiro atoms. The van der Waals surface area contributed by atoms with Crippen molar-refractivity contribution in [2.75, 3.05) is 32.1 Å². The number of carbonyl (C=O) groups excluding carboxylic acids is 1. The van der Waals surface area contributed by atoms with Crippen molar-refractivity contribution in [3.05, 3.63) is 63.2 Å². The highest BCUT2D eigenvalue weighted by Crippen LogP contribution is 2.33. The van der Waals surface area contributed by atoms with Crippen LogP contribution in [-0.2, 0) is 0 Å². The van der Waals surface area contributed by atoms with Crippen LogP contribution >= 0.6 is 11.3 Å². The Morgan fingerprint density at radius 3 is 2.66 bits per heavy atom. The number of aromatic nitrogens is 1. The molecule has 0 aliphatic carbocycles. The number of amides is 1. The minimum atomic E-state index is -0.513. The molecule has 0 bridgehead atoms. The van der Waals surface area contributed by atoms with E-state index >= 15 is 0 Å². The molecule has 0 aliphatic heterocycles. The summed E-state index contributed by atoms with van der Waals surface area (Å²) in [5, 5.41) is 12.0. The number of thiazole rings is 1. The topological polar surface area (TPSA) is 80.8 Å². The Balaban J connectivity index is 2.04. The number of nitrogens with one attached hydrogen (secondary N) is 1. The lowest BCUT2D eigenvalue weighted by Gasteiger charge is -2.20. The van der Waals surface area contributed by atoms with E-state index in [1.54, 1.807) is 17.0 Å². The number of benzene rings is 2. The van der Waals surface area contributed by atoms with Gasteiger partial charge in [-0.1, -0.05) is 29.5 Å². The van der Waals surface area contributed by atoms with Crippen LogP contribution in [0.25, 0.3) is 10.2 Å². The minimum Gasteiger partial charge on any atom is -0.340 e. The molecular weight excluding hydrogens is 388 g/mol. The number of hydrogen-bond acceptors (Lipinski definition) is 5. The van der Waals surface area contributed by atoms with Crippen LogP contribution in [0.5, 0.6) is 0 Å². The Labute approximate surface area is 173 Å². The summed E-state index contributed by atoms with van der Waals surface area (Å²) in [6.45, 7) is 5.36. The molecule has 7 nitrogen and oxygen atoms in total. The number of anilines is 1. The second-order valence-corrected chi connectivity index (χ2v) is 8.48. The molecule has 0 aliphatic rings. The van der Waals surface area contributed by atoms with E-state index in [0.29, 0.717) is 11.7 Å². The molecule has 0 radical (unpaired) electrons. The van der Waals surface area contributed by atoms with Gasteiger partial charge in [0.25, 0.3) is 11.6 Å². The normalized spacial score (nSPS) is 11.2. The predicted molar refractivity (Wildman–Crippen MR) is 116 cm³/mol. The molecule has 0 fully saturated rings. The van der Waals surface area contributed by atoms with Gasteiger partial charge in [0.15, 0.2) is 5.13 Å². The summed E-state index contributed by atoms with van der Waals surface area (Å²) in [6, 6.07) is 10.2. The molecule has 1 heterocycles. The van der Waals surface area contributed by atoms with Crippen molar-refractivity contribution >= 4 is 38.3 Å². The summed E-state index contributed by atoms with van der Waals surface area (Å²) < 4.78 is 1.01. The van der Waals surface area contributed by atoms with Crippen molar-refractivity contribution in [1.29, 1.82) is 0 Å². The zero-order chi connectivity index (χ0) is 21.1. The number of rotatable bonds is 7. The molecule has 1 N–H and O–H groups in total. The van der Waals surface area contributed by atoms with Crippen LogP contribution in [0.2, 0.25) is 0 Å². The van der Waals surface area contributed by atoms with Crippen LogP contribution in [0.1, 0.15) is 27.9 Å². The number of nitrogens with zero attached hydrogens (tertiary/aromatic N) is 3. The third-order valence-corrected chi connectivity index (χ3v) is 5.71. The van der Waals surface area contributed by atoms with Crippen LogP contribution < -0.4 is 9.80 Å². The van der Waals surface area contributed by atoms with Crippen molar-refractivity contribution in [3.8, 4) is 0 Å². The first-order valence-corrected chi connectivity index (χ1v) is 10.3. The molecule has 2 aromatic carbocycles. The molecular formula is C21H25N4O3S+. The minimum absolute atomic E-state index is 0.0851. The predicted octanol–water partition coefficient (Wildman–Crippen LogP) is 3.00. The summed E-state index contributed by atoms with van der Waals surface area (Å²) in [6.07, 6.45) is 0.767. The van der Waals surface area contributed by atoms with Gasteiger partial charge in [-0.05, 0) is 37.1 Å². The third kappa shape index (κ3) is 4.60. The third-order valence-electron chi connectivity index (χ3n) is 4.68. The number of nitro groups is 1. The van der Waals surface area contributed by atoms with Crippen LogP contribution in [0.15, 0.2) is 36.4 Å². The first kappa shape index (κ1) is 20.9. The Kier molecular flexibility index (Phi) is 6.24. The van der Waals surface area contributed by atoms with Gasteiger partial charge in [-0.25, -0.2) is 4.98 Å². The van der Waals surface area contributed by atoms with E-state index in [1.165, 1.54) is 28.4 Å². The summed E-state index contributed by atoms with van der Waals surface area (Å²) >= 11 is 1.45. The average Bonchev–Trinajstić information content (AvgIpc) is 3.08. The molecule has 3 rings (SSSR count). The summed E-state index contributed by atoms with van der Waals surface area (Å²) in [7, 11) is 4.11. The summed E-state index contributed by atoms with van der Waals surface area (Å²) in [5.41, 5.74) is 2.96. The number of para-hydroxylation sites is 1. The fourth-order valence-corrected chi connectivity index (χ4v) is 4.47. The number of nitro benzene ring substituents is 1. The highest BCUT2D eigenvalue weighted by atomic mass is 32.1. The first-order valence-electron chi connectivity index (χ1n) is 9.50. The molecule has 0 unspecified atom stereocenters. The maximum atomic E-state index is 13.4. The average molecular weight is 414 g/mol. The van der Waals surface area contributed by atoms with Crippen LogP contribution in [-0.4, -0.2) is 43.0 Å². The van der Waals surface area contributed by atoms with Gasteiger partial charge in [0.2, 0.25) is 0 Å². The van der Waals surface area contributed by atoms with Gasteiger partial charge in [-0.3, -0.25) is 19.8 Å². The van der Waals surface area contributed by atoms with Crippen LogP contribution in [0.4, 0.5) is 10.8 Å². The van der Waals surface area contributed by atoms with E-state index in [9.17, 15) is 14.9 Å². The van der Waals surface area contributed by atoms with Crippen molar-refractivity contribution in [3.63, 3.8) is 0 Å². The molecule has 0 saturated heterocycles. The van der Waals surface area contributed by atoms with E-state index in [2.05, 4.69) is 26.2 Å². The molecule has 0 saturated carbocycles. The van der Waals surface area contributed by atoms with Gasteiger partial charge in [-0.2, -0.15) is 0 Å². The summed E-state index contributed by atoms with van der Waals surface area (Å²) in [5.74, 6) is -0.389. The summed E-state index contributed by atoms with van der Waals surface area (Å²) in [4.78, 5) is 31.9. The lowest BCUT2D eigenvalue weighted by atomic mass is 10.1. The van der Waals surface area contributed by atoms with Gasteiger partial charge in [0.1, 0.15) is 5.56 Å². The monoisotopic (exact) mass is 413 g/mol. The Morgan fingerprint density at radius 2 is 1.97 bits per heavy atom. The first-order chi connectivity index (χ1) is 13.8. The number of carbonyl (C=O) groups is 1. The highest BCUT2D eigenvalue weighted by molar-refractivity contribution is 7.22. The molecule has 0 atom stereocenters. The van der Waals surface area contributed by atoms with Crippen molar-refractivity contribution in [1.82, 2.24) is 4.98 Å². The number of aryl methyl sites for hydroxylation is 2. The molecule has 1 amide bonds. The lowest BCUT2D eigenvalue weighted by molar-refractivity contribution is -0.858. The molecule has 152 valence electrons. The van der Waals surface area contributed by atoms with Gasteiger partial charge in [0, 0.05) is 19.0 Å². The Hall–Kier alpha value is -2.84. The van der Waals surface area contributed by atoms with E-state index < -0.39 is 4.92 Å². The lowest BCUT2D eigenvalue weighted by Crippen LogP contribution is -3.05. The zero-order valence-electron chi connectivity index (χ0n) is 17.1. The second kappa shape index (κ2) is 8.67. The van der Waals surface area contributed by atoms with E-state index in [-0.39, 0.29) is 17.2 Å². The second-order valence-electron chi connectivity index (χ2n) is 7.47. The molecule has 29 heavy (non-hydrogen) atoms. The fourth-order valence-electron chi connectivity index (χ4n) is 3.31. The maximum Gasteiger partial charge on any atom is 0.282 e. The van der Waals surface area contributed by atoms with E-state index in [0.717, 1.165) is 34.3 Å². The molecule has 8 heteroatoms. The van der Waals surface area contributed by atoms with E-state index in [1.807, 2.05) is 13.8 Å². The largest absolute Gasteiger partial charge is 0.340 e. The van der Waals surface area contributed by atoms with Gasteiger partial charge in [-0.15, -0.1) is 0 Å². The van der Waals surface area contributed by atoms with Crippen LogP contribution in [0, 0.1) is 24.0 Å². The molecule has 1 aromatic heterocycles.